The van der Waals surface area contributed by atoms with Gasteiger partial charge in [-0.1, -0.05) is 26.0 Å². The second-order valence-corrected chi connectivity index (χ2v) is 5.86. The summed E-state index contributed by atoms with van der Waals surface area (Å²) >= 11 is 1.44. The van der Waals surface area contributed by atoms with Crippen LogP contribution in [0.5, 0.6) is 5.75 Å². The Morgan fingerprint density at radius 2 is 2.10 bits per heavy atom. The molecule has 7 heteroatoms. The zero-order chi connectivity index (χ0) is 15.5. The van der Waals surface area contributed by atoms with Gasteiger partial charge in [-0.3, -0.25) is 0 Å². The monoisotopic (exact) mass is 316 g/mol. The number of aromatic nitrogens is 1. The number of rotatable bonds is 5. The smallest absolute Gasteiger partial charge is 0.406 e. The third-order valence-corrected chi connectivity index (χ3v) is 3.60. The number of alkyl halides is 3. The highest BCUT2D eigenvalue weighted by Gasteiger charge is 2.31. The average molecular weight is 316 g/mol. The molecule has 3 nitrogen and oxygen atoms in total. The van der Waals surface area contributed by atoms with Crippen molar-refractivity contribution in [1.82, 2.24) is 10.3 Å². The summed E-state index contributed by atoms with van der Waals surface area (Å²) < 4.78 is 40.6. The molecule has 0 saturated heterocycles. The lowest BCUT2D eigenvalue weighted by Gasteiger charge is -2.09. The normalized spacial score (nSPS) is 11.9. The number of hydrogen-bond donors (Lipinski definition) is 1. The number of benzene rings is 1. The van der Waals surface area contributed by atoms with Gasteiger partial charge in [-0.25, -0.2) is 4.98 Å². The maximum Gasteiger partial charge on any atom is 0.573 e. The Kier molecular flexibility index (Phi) is 4.84. The minimum atomic E-state index is -4.69. The van der Waals surface area contributed by atoms with E-state index in [1.54, 1.807) is 12.3 Å². The molecule has 114 valence electrons. The molecule has 2 aromatic rings. The average Bonchev–Trinajstić information content (AvgIpc) is 2.83. The van der Waals surface area contributed by atoms with E-state index in [9.17, 15) is 13.2 Å². The summed E-state index contributed by atoms with van der Waals surface area (Å²) in [6.45, 7) is 4.77. The van der Waals surface area contributed by atoms with E-state index in [2.05, 4.69) is 15.0 Å². The van der Waals surface area contributed by atoms with Crippen LogP contribution in [-0.2, 0) is 6.54 Å². The van der Waals surface area contributed by atoms with Crippen molar-refractivity contribution in [3.05, 3.63) is 35.3 Å². The lowest BCUT2D eigenvalue weighted by atomic mass is 10.2. The molecule has 0 spiro atoms. The molecular weight excluding hydrogens is 301 g/mol. The van der Waals surface area contributed by atoms with E-state index in [0.717, 1.165) is 4.88 Å². The molecule has 1 aromatic carbocycles. The first-order valence-electron chi connectivity index (χ1n) is 6.38. The number of ether oxygens (including phenoxy) is 1. The Bertz CT molecular complexity index is 596. The number of nitrogens with zero attached hydrogens (tertiary/aromatic N) is 1. The molecule has 0 fully saturated rings. The summed E-state index contributed by atoms with van der Waals surface area (Å²) in [7, 11) is 0. The van der Waals surface area contributed by atoms with Gasteiger partial charge in [0.25, 0.3) is 0 Å². The van der Waals surface area contributed by atoms with Crippen molar-refractivity contribution in [1.29, 1.82) is 0 Å². The van der Waals surface area contributed by atoms with E-state index in [-0.39, 0.29) is 5.75 Å². The predicted molar refractivity (Wildman–Crippen MR) is 76.2 cm³/mol. The van der Waals surface area contributed by atoms with Gasteiger partial charge in [0.15, 0.2) is 0 Å². The SMILES string of the molecule is CC(C)NCc1cnc(-c2cccc(OC(F)(F)F)c2)s1. The lowest BCUT2D eigenvalue weighted by molar-refractivity contribution is -0.274. The van der Waals surface area contributed by atoms with Crippen LogP contribution in [0.2, 0.25) is 0 Å². The van der Waals surface area contributed by atoms with Crippen molar-refractivity contribution in [2.24, 2.45) is 0 Å². The molecule has 1 heterocycles. The summed E-state index contributed by atoms with van der Waals surface area (Å²) in [5.41, 5.74) is 0.609. The molecule has 0 unspecified atom stereocenters. The van der Waals surface area contributed by atoms with Crippen LogP contribution in [0, 0.1) is 0 Å². The molecular formula is C14H15F3N2OS. The number of nitrogens with one attached hydrogen (secondary N) is 1. The predicted octanol–water partition coefficient (Wildman–Crippen LogP) is 4.21. The van der Waals surface area contributed by atoms with Crippen LogP contribution in [0.1, 0.15) is 18.7 Å². The zero-order valence-electron chi connectivity index (χ0n) is 11.6. The van der Waals surface area contributed by atoms with Gasteiger partial charge >= 0.3 is 6.36 Å². The minimum Gasteiger partial charge on any atom is -0.406 e. The molecule has 0 bridgehead atoms. The first kappa shape index (κ1) is 15.8. The summed E-state index contributed by atoms with van der Waals surface area (Å²) in [5.74, 6) is -0.239. The van der Waals surface area contributed by atoms with Crippen molar-refractivity contribution in [2.75, 3.05) is 0 Å². The third-order valence-electron chi connectivity index (χ3n) is 2.55. The lowest BCUT2D eigenvalue weighted by Crippen LogP contribution is -2.21. The van der Waals surface area contributed by atoms with Gasteiger partial charge in [-0.2, -0.15) is 0 Å². The third kappa shape index (κ3) is 5.02. The Labute approximate surface area is 124 Å². The maximum absolute atomic E-state index is 12.2. The van der Waals surface area contributed by atoms with Crippen LogP contribution < -0.4 is 10.1 Å². The van der Waals surface area contributed by atoms with Gasteiger partial charge in [-0.05, 0) is 12.1 Å². The fourth-order valence-electron chi connectivity index (χ4n) is 1.65. The highest BCUT2D eigenvalue weighted by Crippen LogP contribution is 2.30. The molecule has 0 aliphatic carbocycles. The second-order valence-electron chi connectivity index (χ2n) is 4.74. The standard InChI is InChI=1S/C14H15F3N2OS/c1-9(2)18-7-12-8-19-13(21-12)10-4-3-5-11(6-10)20-14(15,16)17/h3-6,8-9,18H,7H2,1-2H3. The summed E-state index contributed by atoms with van der Waals surface area (Å²) in [4.78, 5) is 5.27. The summed E-state index contributed by atoms with van der Waals surface area (Å²) in [5, 5.41) is 3.94. The Morgan fingerprint density at radius 1 is 1.33 bits per heavy atom. The van der Waals surface area contributed by atoms with Gasteiger partial charge < -0.3 is 10.1 Å². The van der Waals surface area contributed by atoms with Gasteiger partial charge in [0.05, 0.1) is 0 Å². The first-order chi connectivity index (χ1) is 9.83. The molecule has 0 radical (unpaired) electrons. The largest absolute Gasteiger partial charge is 0.573 e. The Balaban J connectivity index is 2.13. The van der Waals surface area contributed by atoms with E-state index in [1.807, 2.05) is 13.8 Å². The van der Waals surface area contributed by atoms with Crippen LogP contribution in [-0.4, -0.2) is 17.4 Å². The highest BCUT2D eigenvalue weighted by atomic mass is 32.1. The van der Waals surface area contributed by atoms with E-state index in [0.29, 0.717) is 23.2 Å². The first-order valence-corrected chi connectivity index (χ1v) is 7.19. The van der Waals surface area contributed by atoms with Gasteiger partial charge in [0, 0.05) is 29.2 Å². The van der Waals surface area contributed by atoms with E-state index >= 15 is 0 Å². The van der Waals surface area contributed by atoms with Crippen molar-refractivity contribution < 1.29 is 17.9 Å². The molecule has 0 saturated carbocycles. The Hall–Kier alpha value is -1.60. The van der Waals surface area contributed by atoms with Crippen molar-refractivity contribution in [3.8, 4) is 16.3 Å². The van der Waals surface area contributed by atoms with E-state index in [1.165, 1.54) is 29.5 Å². The Morgan fingerprint density at radius 3 is 2.76 bits per heavy atom. The highest BCUT2D eigenvalue weighted by molar-refractivity contribution is 7.15. The van der Waals surface area contributed by atoms with Gasteiger partial charge in [-0.15, -0.1) is 24.5 Å². The maximum atomic E-state index is 12.2. The summed E-state index contributed by atoms with van der Waals surface area (Å²) in [6, 6.07) is 6.20. The molecule has 0 atom stereocenters. The van der Waals surface area contributed by atoms with E-state index in [4.69, 9.17) is 0 Å². The van der Waals surface area contributed by atoms with Crippen LogP contribution in [0.15, 0.2) is 30.5 Å². The number of halogens is 3. The van der Waals surface area contributed by atoms with Crippen LogP contribution in [0.3, 0.4) is 0 Å². The van der Waals surface area contributed by atoms with Crippen molar-refractivity contribution in [2.45, 2.75) is 32.8 Å². The van der Waals surface area contributed by atoms with Gasteiger partial charge in [0.2, 0.25) is 0 Å². The van der Waals surface area contributed by atoms with Gasteiger partial charge in [0.1, 0.15) is 10.8 Å². The fourth-order valence-corrected chi connectivity index (χ4v) is 2.51. The molecule has 21 heavy (non-hydrogen) atoms. The molecule has 0 aliphatic heterocycles. The molecule has 0 aliphatic rings. The van der Waals surface area contributed by atoms with Crippen LogP contribution in [0.25, 0.3) is 10.6 Å². The fraction of sp³-hybridized carbons (Fsp3) is 0.357. The molecule has 2 rings (SSSR count). The van der Waals surface area contributed by atoms with Crippen LogP contribution in [0.4, 0.5) is 13.2 Å². The quantitative estimate of drug-likeness (QED) is 0.897. The minimum absolute atomic E-state index is 0.239. The molecule has 1 aromatic heterocycles. The number of thiazole rings is 1. The van der Waals surface area contributed by atoms with Crippen molar-refractivity contribution >= 4 is 11.3 Å². The molecule has 0 amide bonds. The topological polar surface area (TPSA) is 34.2 Å². The summed E-state index contributed by atoms with van der Waals surface area (Å²) in [6.07, 6.45) is -2.96. The van der Waals surface area contributed by atoms with Crippen LogP contribution >= 0.6 is 11.3 Å². The second kappa shape index (κ2) is 6.44. The zero-order valence-corrected chi connectivity index (χ0v) is 12.4. The number of hydrogen-bond acceptors (Lipinski definition) is 4. The van der Waals surface area contributed by atoms with E-state index < -0.39 is 6.36 Å². The van der Waals surface area contributed by atoms with Crippen molar-refractivity contribution in [3.63, 3.8) is 0 Å². The molecule has 1 N–H and O–H groups in total.